The fraction of sp³-hybridized carbons (Fsp3) is 0.562. The van der Waals surface area contributed by atoms with E-state index in [1.165, 1.54) is 5.56 Å². The first kappa shape index (κ1) is 14.9. The Morgan fingerprint density at radius 2 is 2.05 bits per heavy atom. The molecule has 1 amide bonds. The van der Waals surface area contributed by atoms with E-state index in [-0.39, 0.29) is 11.4 Å². The molecule has 2 rings (SSSR count). The summed E-state index contributed by atoms with van der Waals surface area (Å²) in [6.45, 7) is 6.74. The number of carbonyl (C=O) groups is 1. The van der Waals surface area contributed by atoms with Crippen LogP contribution in [0.1, 0.15) is 25.8 Å². The molecule has 1 aliphatic heterocycles. The standard InChI is InChI=1S/C16H24N2O2/c1-16(2)12-18(11-10-17-16)15(19)9-6-13-4-7-14(20-3)8-5-13/h4-5,7-8,17H,6,9-12H2,1-3H3. The molecule has 0 spiro atoms. The van der Waals surface area contributed by atoms with Gasteiger partial charge < -0.3 is 15.0 Å². The van der Waals surface area contributed by atoms with Crippen molar-refractivity contribution in [2.75, 3.05) is 26.7 Å². The van der Waals surface area contributed by atoms with Crippen LogP contribution in [0.3, 0.4) is 0 Å². The SMILES string of the molecule is COc1ccc(CCC(=O)N2CCNC(C)(C)C2)cc1. The lowest BCUT2D eigenvalue weighted by Gasteiger charge is -2.39. The van der Waals surface area contributed by atoms with Crippen LogP contribution < -0.4 is 10.1 Å². The fourth-order valence-electron chi connectivity index (χ4n) is 2.56. The summed E-state index contributed by atoms with van der Waals surface area (Å²) in [7, 11) is 1.66. The maximum atomic E-state index is 12.3. The number of rotatable bonds is 4. The van der Waals surface area contributed by atoms with E-state index in [1.807, 2.05) is 29.2 Å². The molecule has 1 aromatic rings. The molecule has 1 fully saturated rings. The number of amides is 1. The van der Waals surface area contributed by atoms with E-state index in [0.717, 1.165) is 31.8 Å². The van der Waals surface area contributed by atoms with Crippen LogP contribution in [-0.2, 0) is 11.2 Å². The van der Waals surface area contributed by atoms with Crippen LogP contribution in [0.2, 0.25) is 0 Å². The van der Waals surface area contributed by atoms with Gasteiger partial charge in [-0.1, -0.05) is 12.1 Å². The van der Waals surface area contributed by atoms with Crippen molar-refractivity contribution in [2.45, 2.75) is 32.2 Å². The molecule has 1 N–H and O–H groups in total. The zero-order valence-corrected chi connectivity index (χ0v) is 12.6. The van der Waals surface area contributed by atoms with E-state index >= 15 is 0 Å². The summed E-state index contributed by atoms with van der Waals surface area (Å²) < 4.78 is 5.13. The summed E-state index contributed by atoms with van der Waals surface area (Å²) in [5.74, 6) is 1.10. The minimum Gasteiger partial charge on any atom is -0.497 e. The number of aryl methyl sites for hydroxylation is 1. The van der Waals surface area contributed by atoms with Crippen molar-refractivity contribution in [2.24, 2.45) is 0 Å². The van der Waals surface area contributed by atoms with Gasteiger partial charge in [-0.05, 0) is 38.0 Å². The number of piperazine rings is 1. The smallest absolute Gasteiger partial charge is 0.223 e. The molecule has 4 nitrogen and oxygen atoms in total. The van der Waals surface area contributed by atoms with Crippen LogP contribution in [0.25, 0.3) is 0 Å². The van der Waals surface area contributed by atoms with Gasteiger partial charge in [0, 0.05) is 31.6 Å². The molecule has 0 unspecified atom stereocenters. The number of methoxy groups -OCH3 is 1. The van der Waals surface area contributed by atoms with Gasteiger partial charge in [0.15, 0.2) is 0 Å². The molecular formula is C16H24N2O2. The van der Waals surface area contributed by atoms with E-state index in [2.05, 4.69) is 19.2 Å². The molecular weight excluding hydrogens is 252 g/mol. The molecule has 110 valence electrons. The van der Waals surface area contributed by atoms with E-state index in [1.54, 1.807) is 7.11 Å². The lowest BCUT2D eigenvalue weighted by Crippen LogP contribution is -2.58. The normalized spacial score (nSPS) is 17.9. The molecule has 1 aromatic carbocycles. The molecule has 0 aromatic heterocycles. The maximum Gasteiger partial charge on any atom is 0.223 e. The Bertz CT molecular complexity index is 454. The second kappa shape index (κ2) is 6.27. The van der Waals surface area contributed by atoms with E-state index < -0.39 is 0 Å². The zero-order valence-electron chi connectivity index (χ0n) is 12.6. The van der Waals surface area contributed by atoms with Crippen LogP contribution in [-0.4, -0.2) is 43.1 Å². The Balaban J connectivity index is 1.85. The predicted octanol–water partition coefficient (Wildman–Crippen LogP) is 1.84. The third-order valence-electron chi connectivity index (χ3n) is 3.71. The number of hydrogen-bond donors (Lipinski definition) is 1. The Kier molecular flexibility index (Phi) is 4.65. The molecule has 4 heteroatoms. The minimum atomic E-state index is 0.0218. The first-order chi connectivity index (χ1) is 9.50. The molecule has 1 heterocycles. The summed E-state index contributed by atoms with van der Waals surface area (Å²) in [6, 6.07) is 7.92. The van der Waals surface area contributed by atoms with Gasteiger partial charge in [0.25, 0.3) is 0 Å². The highest BCUT2D eigenvalue weighted by Crippen LogP contribution is 2.15. The van der Waals surface area contributed by atoms with Crippen molar-refractivity contribution in [1.82, 2.24) is 10.2 Å². The molecule has 0 atom stereocenters. The van der Waals surface area contributed by atoms with E-state index in [4.69, 9.17) is 4.74 Å². The molecule has 0 aliphatic carbocycles. The number of ether oxygens (including phenoxy) is 1. The average molecular weight is 276 g/mol. The molecule has 0 saturated carbocycles. The number of nitrogens with one attached hydrogen (secondary N) is 1. The van der Waals surface area contributed by atoms with Crippen molar-refractivity contribution < 1.29 is 9.53 Å². The predicted molar refractivity (Wildman–Crippen MR) is 80.0 cm³/mol. The second-order valence-corrected chi connectivity index (χ2v) is 5.97. The highest BCUT2D eigenvalue weighted by molar-refractivity contribution is 5.76. The largest absolute Gasteiger partial charge is 0.497 e. The van der Waals surface area contributed by atoms with Crippen molar-refractivity contribution in [1.29, 1.82) is 0 Å². The Morgan fingerprint density at radius 3 is 2.65 bits per heavy atom. The summed E-state index contributed by atoms with van der Waals surface area (Å²) in [4.78, 5) is 14.2. The molecule has 0 radical (unpaired) electrons. The summed E-state index contributed by atoms with van der Waals surface area (Å²) >= 11 is 0. The Labute approximate surface area is 121 Å². The first-order valence-electron chi connectivity index (χ1n) is 7.16. The van der Waals surface area contributed by atoms with Crippen LogP contribution in [0.5, 0.6) is 5.75 Å². The highest BCUT2D eigenvalue weighted by Gasteiger charge is 2.28. The van der Waals surface area contributed by atoms with E-state index in [9.17, 15) is 4.79 Å². The fourth-order valence-corrected chi connectivity index (χ4v) is 2.56. The topological polar surface area (TPSA) is 41.6 Å². The van der Waals surface area contributed by atoms with Gasteiger partial charge in [-0.3, -0.25) is 4.79 Å². The van der Waals surface area contributed by atoms with Gasteiger partial charge in [-0.25, -0.2) is 0 Å². The number of benzene rings is 1. The van der Waals surface area contributed by atoms with Crippen molar-refractivity contribution in [3.8, 4) is 5.75 Å². The Hall–Kier alpha value is -1.55. The summed E-state index contributed by atoms with van der Waals surface area (Å²) in [5.41, 5.74) is 1.20. The van der Waals surface area contributed by atoms with Crippen LogP contribution in [0.15, 0.2) is 24.3 Å². The quantitative estimate of drug-likeness (QED) is 0.912. The van der Waals surface area contributed by atoms with Crippen LogP contribution >= 0.6 is 0 Å². The summed E-state index contributed by atoms with van der Waals surface area (Å²) in [6.07, 6.45) is 1.36. The van der Waals surface area contributed by atoms with Gasteiger partial charge >= 0.3 is 0 Å². The molecule has 20 heavy (non-hydrogen) atoms. The molecule has 1 saturated heterocycles. The highest BCUT2D eigenvalue weighted by atomic mass is 16.5. The summed E-state index contributed by atoms with van der Waals surface area (Å²) in [5, 5.41) is 3.42. The van der Waals surface area contributed by atoms with Crippen molar-refractivity contribution in [3.05, 3.63) is 29.8 Å². The van der Waals surface area contributed by atoms with Crippen molar-refractivity contribution >= 4 is 5.91 Å². The molecule has 1 aliphatic rings. The minimum absolute atomic E-state index is 0.0218. The number of carbonyl (C=O) groups excluding carboxylic acids is 1. The van der Waals surface area contributed by atoms with Gasteiger partial charge in [-0.2, -0.15) is 0 Å². The van der Waals surface area contributed by atoms with Crippen LogP contribution in [0.4, 0.5) is 0 Å². The van der Waals surface area contributed by atoms with Crippen molar-refractivity contribution in [3.63, 3.8) is 0 Å². The van der Waals surface area contributed by atoms with Gasteiger partial charge in [0.1, 0.15) is 5.75 Å². The average Bonchev–Trinajstić information content (AvgIpc) is 2.44. The zero-order chi connectivity index (χ0) is 14.6. The lowest BCUT2D eigenvalue weighted by molar-refractivity contribution is -0.133. The number of hydrogen-bond acceptors (Lipinski definition) is 3. The Morgan fingerprint density at radius 1 is 1.35 bits per heavy atom. The molecule has 0 bridgehead atoms. The third-order valence-corrected chi connectivity index (χ3v) is 3.71. The van der Waals surface area contributed by atoms with Crippen LogP contribution in [0, 0.1) is 0 Å². The van der Waals surface area contributed by atoms with Gasteiger partial charge in [0.2, 0.25) is 5.91 Å². The van der Waals surface area contributed by atoms with Gasteiger partial charge in [0.05, 0.1) is 7.11 Å². The second-order valence-electron chi connectivity index (χ2n) is 5.97. The van der Waals surface area contributed by atoms with E-state index in [0.29, 0.717) is 6.42 Å². The first-order valence-corrected chi connectivity index (χ1v) is 7.16. The number of nitrogens with zero attached hydrogens (tertiary/aromatic N) is 1. The van der Waals surface area contributed by atoms with Gasteiger partial charge in [-0.15, -0.1) is 0 Å². The third kappa shape index (κ3) is 3.97. The monoisotopic (exact) mass is 276 g/mol. The maximum absolute atomic E-state index is 12.3. The lowest BCUT2D eigenvalue weighted by atomic mass is 10.0.